The van der Waals surface area contributed by atoms with Gasteiger partial charge in [-0.25, -0.2) is 0 Å². The zero-order chi connectivity index (χ0) is 13.8. The topological polar surface area (TPSA) is 55.6 Å². The van der Waals surface area contributed by atoms with Crippen molar-refractivity contribution in [1.29, 1.82) is 0 Å². The molecule has 2 rings (SSSR count). The molecule has 0 aliphatic carbocycles. The zero-order valence-electron chi connectivity index (χ0n) is 10.5. The van der Waals surface area contributed by atoms with E-state index in [1.54, 1.807) is 12.1 Å². The first-order chi connectivity index (χ1) is 9.08. The number of nitrogen functional groups attached to an aromatic ring is 1. The fourth-order valence-corrected chi connectivity index (χ4v) is 2.70. The molecular formula is C13H16Cl2N2O2. The van der Waals surface area contributed by atoms with Gasteiger partial charge in [-0.05, 0) is 31.4 Å². The highest BCUT2D eigenvalue weighted by atomic mass is 35.5. The van der Waals surface area contributed by atoms with E-state index in [4.69, 9.17) is 33.7 Å². The maximum absolute atomic E-state index is 12.0. The first kappa shape index (κ1) is 14.3. The minimum atomic E-state index is -0.0522. The molecule has 0 aromatic heterocycles. The third kappa shape index (κ3) is 3.67. The molecule has 1 aromatic carbocycles. The second-order valence-corrected chi connectivity index (χ2v) is 5.36. The first-order valence-electron chi connectivity index (χ1n) is 6.23. The van der Waals surface area contributed by atoms with E-state index in [-0.39, 0.29) is 12.5 Å². The number of carbonyl (C=O) groups is 1. The third-order valence-corrected chi connectivity index (χ3v) is 3.63. The van der Waals surface area contributed by atoms with Crippen LogP contribution in [0.5, 0.6) is 5.75 Å². The van der Waals surface area contributed by atoms with E-state index in [2.05, 4.69) is 0 Å². The molecule has 1 saturated heterocycles. The van der Waals surface area contributed by atoms with Crippen molar-refractivity contribution in [3.05, 3.63) is 22.2 Å². The van der Waals surface area contributed by atoms with Crippen LogP contribution in [0.25, 0.3) is 0 Å². The number of benzene rings is 1. The van der Waals surface area contributed by atoms with Crippen molar-refractivity contribution in [3.8, 4) is 5.75 Å². The van der Waals surface area contributed by atoms with E-state index >= 15 is 0 Å². The second-order valence-electron chi connectivity index (χ2n) is 4.54. The molecule has 104 valence electrons. The summed E-state index contributed by atoms with van der Waals surface area (Å²) >= 11 is 12.0. The Hall–Kier alpha value is -1.13. The maximum atomic E-state index is 12.0. The average Bonchev–Trinajstić information content (AvgIpc) is 2.38. The third-order valence-electron chi connectivity index (χ3n) is 3.07. The van der Waals surface area contributed by atoms with Gasteiger partial charge in [0.1, 0.15) is 0 Å². The number of halogens is 2. The number of hydrogen-bond acceptors (Lipinski definition) is 3. The van der Waals surface area contributed by atoms with Crippen LogP contribution in [0.3, 0.4) is 0 Å². The SMILES string of the molecule is Nc1cc(Cl)c(OCC(=O)N2CCCCC2)c(Cl)c1. The lowest BCUT2D eigenvalue weighted by Crippen LogP contribution is -2.38. The Balaban J connectivity index is 1.96. The summed E-state index contributed by atoms with van der Waals surface area (Å²) in [5.41, 5.74) is 6.06. The summed E-state index contributed by atoms with van der Waals surface area (Å²) in [6.45, 7) is 1.54. The molecule has 4 nitrogen and oxygen atoms in total. The van der Waals surface area contributed by atoms with Crippen LogP contribution in [0.2, 0.25) is 10.0 Å². The highest BCUT2D eigenvalue weighted by Crippen LogP contribution is 2.35. The number of anilines is 1. The molecule has 0 saturated carbocycles. The van der Waals surface area contributed by atoms with Crippen LogP contribution in [-0.4, -0.2) is 30.5 Å². The van der Waals surface area contributed by atoms with Gasteiger partial charge in [0.05, 0.1) is 10.0 Å². The molecule has 0 atom stereocenters. The molecule has 6 heteroatoms. The summed E-state index contributed by atoms with van der Waals surface area (Å²) in [5, 5.41) is 0.632. The summed E-state index contributed by atoms with van der Waals surface area (Å²) in [7, 11) is 0. The number of ether oxygens (including phenoxy) is 1. The van der Waals surface area contributed by atoms with Gasteiger partial charge in [-0.15, -0.1) is 0 Å². The largest absolute Gasteiger partial charge is 0.481 e. The molecule has 1 heterocycles. The molecule has 0 unspecified atom stereocenters. The number of nitrogens with zero attached hydrogens (tertiary/aromatic N) is 1. The van der Waals surface area contributed by atoms with Gasteiger partial charge in [0.25, 0.3) is 5.91 Å². The molecule has 1 amide bonds. The number of amides is 1. The maximum Gasteiger partial charge on any atom is 0.260 e. The Kier molecular flexibility index (Phi) is 4.77. The number of hydrogen-bond donors (Lipinski definition) is 1. The molecule has 0 spiro atoms. The Morgan fingerprint density at radius 1 is 1.21 bits per heavy atom. The molecule has 1 aliphatic heterocycles. The van der Waals surface area contributed by atoms with E-state index in [1.165, 1.54) is 6.42 Å². The summed E-state index contributed by atoms with van der Waals surface area (Å²) in [6.07, 6.45) is 3.28. The highest BCUT2D eigenvalue weighted by Gasteiger charge is 2.18. The van der Waals surface area contributed by atoms with Gasteiger partial charge < -0.3 is 15.4 Å². The number of nitrogens with two attached hydrogens (primary N) is 1. The van der Waals surface area contributed by atoms with E-state index in [9.17, 15) is 4.79 Å². The van der Waals surface area contributed by atoms with Gasteiger partial charge in [-0.2, -0.15) is 0 Å². The van der Waals surface area contributed by atoms with Crippen LogP contribution in [0.15, 0.2) is 12.1 Å². The van der Waals surface area contributed by atoms with Crippen molar-refractivity contribution in [3.63, 3.8) is 0 Å². The lowest BCUT2D eigenvalue weighted by atomic mass is 10.1. The fraction of sp³-hybridized carbons (Fsp3) is 0.462. The normalized spacial score (nSPS) is 15.4. The fourth-order valence-electron chi connectivity index (χ4n) is 2.09. The van der Waals surface area contributed by atoms with E-state index in [0.29, 0.717) is 21.5 Å². The van der Waals surface area contributed by atoms with Crippen molar-refractivity contribution in [2.24, 2.45) is 0 Å². The van der Waals surface area contributed by atoms with Gasteiger partial charge in [-0.1, -0.05) is 23.2 Å². The van der Waals surface area contributed by atoms with E-state index in [0.717, 1.165) is 25.9 Å². The van der Waals surface area contributed by atoms with Crippen LogP contribution in [0, 0.1) is 0 Å². The number of rotatable bonds is 3. The summed E-state index contributed by atoms with van der Waals surface area (Å²) in [5.74, 6) is 0.270. The zero-order valence-corrected chi connectivity index (χ0v) is 12.0. The van der Waals surface area contributed by atoms with Crippen molar-refractivity contribution in [1.82, 2.24) is 4.90 Å². The second kappa shape index (κ2) is 6.35. The van der Waals surface area contributed by atoms with Gasteiger partial charge in [0.2, 0.25) is 0 Å². The quantitative estimate of drug-likeness (QED) is 0.873. The number of likely N-dealkylation sites (tertiary alicyclic amines) is 1. The summed E-state index contributed by atoms with van der Waals surface area (Å²) < 4.78 is 5.43. The number of piperidine rings is 1. The monoisotopic (exact) mass is 302 g/mol. The van der Waals surface area contributed by atoms with Crippen LogP contribution < -0.4 is 10.5 Å². The Morgan fingerprint density at radius 3 is 2.37 bits per heavy atom. The summed E-state index contributed by atoms with van der Waals surface area (Å²) in [4.78, 5) is 13.8. The van der Waals surface area contributed by atoms with Crippen molar-refractivity contribution in [2.45, 2.75) is 19.3 Å². The Bertz CT molecular complexity index is 451. The minimum absolute atomic E-state index is 0.0383. The van der Waals surface area contributed by atoms with Crippen molar-refractivity contribution in [2.75, 3.05) is 25.4 Å². The molecule has 19 heavy (non-hydrogen) atoms. The van der Waals surface area contributed by atoms with Gasteiger partial charge in [-0.3, -0.25) is 4.79 Å². The van der Waals surface area contributed by atoms with Crippen molar-refractivity contribution < 1.29 is 9.53 Å². The molecule has 1 aliphatic rings. The Morgan fingerprint density at radius 2 is 1.79 bits per heavy atom. The Labute approximate surface area is 122 Å². The van der Waals surface area contributed by atoms with Crippen LogP contribution >= 0.6 is 23.2 Å². The predicted molar refractivity (Wildman–Crippen MR) is 76.8 cm³/mol. The lowest BCUT2D eigenvalue weighted by Gasteiger charge is -2.26. The minimum Gasteiger partial charge on any atom is -0.481 e. The van der Waals surface area contributed by atoms with Crippen LogP contribution in [-0.2, 0) is 4.79 Å². The van der Waals surface area contributed by atoms with Crippen molar-refractivity contribution >= 4 is 34.8 Å². The lowest BCUT2D eigenvalue weighted by molar-refractivity contribution is -0.134. The van der Waals surface area contributed by atoms with Crippen LogP contribution in [0.4, 0.5) is 5.69 Å². The standard InChI is InChI=1S/C13H16Cl2N2O2/c14-10-6-9(16)7-11(15)13(10)19-8-12(18)17-4-2-1-3-5-17/h6-7H,1-5,8,16H2. The van der Waals surface area contributed by atoms with Gasteiger partial charge in [0.15, 0.2) is 12.4 Å². The first-order valence-corrected chi connectivity index (χ1v) is 6.98. The number of carbonyl (C=O) groups excluding carboxylic acids is 1. The molecule has 1 fully saturated rings. The summed E-state index contributed by atoms with van der Waals surface area (Å²) in [6, 6.07) is 3.10. The van der Waals surface area contributed by atoms with Crippen LogP contribution in [0.1, 0.15) is 19.3 Å². The van der Waals surface area contributed by atoms with Gasteiger partial charge >= 0.3 is 0 Å². The molecule has 0 radical (unpaired) electrons. The predicted octanol–water partition coefficient (Wildman–Crippen LogP) is 2.97. The smallest absolute Gasteiger partial charge is 0.260 e. The van der Waals surface area contributed by atoms with E-state index < -0.39 is 0 Å². The van der Waals surface area contributed by atoms with E-state index in [1.807, 2.05) is 4.90 Å². The molecule has 0 bridgehead atoms. The average molecular weight is 303 g/mol. The van der Waals surface area contributed by atoms with Gasteiger partial charge in [0, 0.05) is 18.8 Å². The molecule has 2 N–H and O–H groups in total. The highest BCUT2D eigenvalue weighted by molar-refractivity contribution is 6.37. The molecular weight excluding hydrogens is 287 g/mol. The molecule has 1 aromatic rings.